The second-order valence-corrected chi connectivity index (χ2v) is 3.68. The maximum Gasteiger partial charge on any atom is 0.198 e. The fourth-order valence-electron chi connectivity index (χ4n) is 1.56. The Labute approximate surface area is 94.1 Å². The van der Waals surface area contributed by atoms with Crippen molar-refractivity contribution in [3.05, 3.63) is 52.9 Å². The molecule has 1 heterocycles. The van der Waals surface area contributed by atoms with Crippen molar-refractivity contribution < 1.29 is 9.32 Å². The molecule has 0 saturated carbocycles. The molecule has 0 amide bonds. The predicted octanol–water partition coefficient (Wildman–Crippen LogP) is 2.78. The molecule has 0 aliphatic rings. The van der Waals surface area contributed by atoms with E-state index in [9.17, 15) is 4.79 Å². The van der Waals surface area contributed by atoms with E-state index in [0.29, 0.717) is 16.9 Å². The van der Waals surface area contributed by atoms with E-state index >= 15 is 0 Å². The first-order valence-electron chi connectivity index (χ1n) is 5.27. The highest BCUT2D eigenvalue weighted by Crippen LogP contribution is 2.14. The fourth-order valence-corrected chi connectivity index (χ4v) is 1.56. The van der Waals surface area contributed by atoms with Crippen molar-refractivity contribution in [1.29, 1.82) is 0 Å². The van der Waals surface area contributed by atoms with Gasteiger partial charge in [-0.3, -0.25) is 4.79 Å². The Morgan fingerprint density at radius 3 is 2.50 bits per heavy atom. The first-order valence-corrected chi connectivity index (χ1v) is 5.27. The summed E-state index contributed by atoms with van der Waals surface area (Å²) in [6, 6.07) is 7.62. The van der Waals surface area contributed by atoms with Crippen LogP contribution in [0.2, 0.25) is 0 Å². The van der Waals surface area contributed by atoms with Crippen LogP contribution < -0.4 is 0 Å². The van der Waals surface area contributed by atoms with Gasteiger partial charge in [0.15, 0.2) is 5.78 Å². The summed E-state index contributed by atoms with van der Waals surface area (Å²) < 4.78 is 4.88. The summed E-state index contributed by atoms with van der Waals surface area (Å²) in [7, 11) is 0. The van der Waals surface area contributed by atoms with Gasteiger partial charge in [0.05, 0.1) is 11.8 Å². The molecular formula is C13H13NO2. The van der Waals surface area contributed by atoms with Gasteiger partial charge < -0.3 is 4.52 Å². The van der Waals surface area contributed by atoms with Gasteiger partial charge in [-0.05, 0) is 18.9 Å². The number of aromatic nitrogens is 1. The first kappa shape index (κ1) is 10.6. The van der Waals surface area contributed by atoms with E-state index in [1.165, 1.54) is 11.8 Å². The van der Waals surface area contributed by atoms with Crippen LogP contribution in [0, 0.1) is 6.92 Å². The van der Waals surface area contributed by atoms with Gasteiger partial charge in [-0.15, -0.1) is 0 Å². The lowest BCUT2D eigenvalue weighted by Gasteiger charge is -2.00. The molecule has 3 nitrogen and oxygen atoms in total. The Hall–Kier alpha value is -1.90. The number of nitrogens with zero attached hydrogens (tertiary/aromatic N) is 1. The maximum absolute atomic E-state index is 12.0. The van der Waals surface area contributed by atoms with Crippen LogP contribution in [0.5, 0.6) is 0 Å². The van der Waals surface area contributed by atoms with Crippen molar-refractivity contribution in [3.63, 3.8) is 0 Å². The van der Waals surface area contributed by atoms with Gasteiger partial charge in [0, 0.05) is 5.56 Å². The fraction of sp³-hybridized carbons (Fsp3) is 0.231. The molecule has 1 aromatic carbocycles. The van der Waals surface area contributed by atoms with Crippen LogP contribution in [0.3, 0.4) is 0 Å². The average molecular weight is 215 g/mol. The molecule has 0 atom stereocenters. The highest BCUT2D eigenvalue weighted by atomic mass is 16.5. The molecule has 2 aromatic rings. The highest BCUT2D eigenvalue weighted by molar-refractivity contribution is 6.09. The zero-order chi connectivity index (χ0) is 11.5. The molecule has 0 unspecified atom stereocenters. The third-order valence-electron chi connectivity index (χ3n) is 2.62. The van der Waals surface area contributed by atoms with Crippen molar-refractivity contribution >= 4 is 5.78 Å². The van der Waals surface area contributed by atoms with E-state index < -0.39 is 0 Å². The molecule has 2 rings (SSSR count). The van der Waals surface area contributed by atoms with E-state index in [2.05, 4.69) is 12.1 Å². The quantitative estimate of drug-likeness (QED) is 0.739. The van der Waals surface area contributed by atoms with Crippen molar-refractivity contribution in [2.45, 2.75) is 20.3 Å². The van der Waals surface area contributed by atoms with Crippen LogP contribution in [0.15, 0.2) is 35.0 Å². The van der Waals surface area contributed by atoms with E-state index in [1.54, 1.807) is 6.92 Å². The standard InChI is InChI=1S/C13H13NO2/c1-3-10-4-6-11(7-5-10)13(15)12-8-14-16-9(12)2/h4-8H,3H2,1-2H3. The lowest BCUT2D eigenvalue weighted by atomic mass is 10.0. The molecule has 0 fully saturated rings. The Kier molecular flexibility index (Phi) is 2.86. The van der Waals surface area contributed by atoms with Crippen LogP contribution in [0.25, 0.3) is 0 Å². The van der Waals surface area contributed by atoms with Gasteiger partial charge in [-0.25, -0.2) is 0 Å². The Bertz CT molecular complexity index is 497. The number of carbonyl (C=O) groups excluding carboxylic acids is 1. The van der Waals surface area contributed by atoms with E-state index in [4.69, 9.17) is 4.52 Å². The molecule has 0 N–H and O–H groups in total. The van der Waals surface area contributed by atoms with E-state index in [-0.39, 0.29) is 5.78 Å². The van der Waals surface area contributed by atoms with Gasteiger partial charge in [0.2, 0.25) is 0 Å². The van der Waals surface area contributed by atoms with Crippen molar-refractivity contribution in [3.8, 4) is 0 Å². The van der Waals surface area contributed by atoms with Crippen LogP contribution in [0.4, 0.5) is 0 Å². The first-order chi connectivity index (χ1) is 7.72. The van der Waals surface area contributed by atoms with Crippen molar-refractivity contribution in [1.82, 2.24) is 5.16 Å². The van der Waals surface area contributed by atoms with Crippen LogP contribution in [-0.2, 0) is 6.42 Å². The summed E-state index contributed by atoms with van der Waals surface area (Å²) in [4.78, 5) is 12.0. The largest absolute Gasteiger partial charge is 0.361 e. The van der Waals surface area contributed by atoms with Gasteiger partial charge in [-0.1, -0.05) is 36.3 Å². The second kappa shape index (κ2) is 4.31. The Morgan fingerprint density at radius 2 is 2.00 bits per heavy atom. The minimum absolute atomic E-state index is 0.0404. The monoisotopic (exact) mass is 215 g/mol. The summed E-state index contributed by atoms with van der Waals surface area (Å²) in [5.74, 6) is 0.519. The van der Waals surface area contributed by atoms with Crippen LogP contribution in [0.1, 0.15) is 34.2 Å². The average Bonchev–Trinajstić information content (AvgIpc) is 2.75. The summed E-state index contributed by atoms with van der Waals surface area (Å²) >= 11 is 0. The van der Waals surface area contributed by atoms with Gasteiger partial charge in [0.1, 0.15) is 5.76 Å². The van der Waals surface area contributed by atoms with E-state index in [1.807, 2.05) is 24.3 Å². The lowest BCUT2D eigenvalue weighted by Crippen LogP contribution is -2.01. The molecule has 1 aromatic heterocycles. The third kappa shape index (κ3) is 1.89. The lowest BCUT2D eigenvalue weighted by molar-refractivity contribution is 0.103. The molecule has 0 aliphatic heterocycles. The number of hydrogen-bond acceptors (Lipinski definition) is 3. The number of rotatable bonds is 3. The van der Waals surface area contributed by atoms with Gasteiger partial charge >= 0.3 is 0 Å². The predicted molar refractivity (Wildman–Crippen MR) is 60.5 cm³/mol. The molecule has 3 heteroatoms. The number of benzene rings is 1. The smallest absolute Gasteiger partial charge is 0.198 e. The van der Waals surface area contributed by atoms with Gasteiger partial charge in [-0.2, -0.15) is 0 Å². The Balaban J connectivity index is 2.31. The molecule has 0 spiro atoms. The van der Waals surface area contributed by atoms with Crippen LogP contribution >= 0.6 is 0 Å². The molecule has 0 radical (unpaired) electrons. The SMILES string of the molecule is CCc1ccc(C(=O)c2cnoc2C)cc1. The number of hydrogen-bond donors (Lipinski definition) is 0. The summed E-state index contributed by atoms with van der Waals surface area (Å²) in [6.07, 6.45) is 2.44. The van der Waals surface area contributed by atoms with Crippen LogP contribution in [-0.4, -0.2) is 10.9 Å². The van der Waals surface area contributed by atoms with Gasteiger partial charge in [0.25, 0.3) is 0 Å². The minimum Gasteiger partial charge on any atom is -0.361 e. The summed E-state index contributed by atoms with van der Waals surface area (Å²) in [5, 5.41) is 3.61. The minimum atomic E-state index is -0.0404. The second-order valence-electron chi connectivity index (χ2n) is 3.68. The molecule has 0 aliphatic carbocycles. The Morgan fingerprint density at radius 1 is 1.31 bits per heavy atom. The summed E-state index contributed by atoms with van der Waals surface area (Å²) in [6.45, 7) is 3.82. The normalized spacial score (nSPS) is 10.4. The zero-order valence-corrected chi connectivity index (χ0v) is 9.36. The maximum atomic E-state index is 12.0. The topological polar surface area (TPSA) is 43.1 Å². The van der Waals surface area contributed by atoms with Crippen molar-refractivity contribution in [2.75, 3.05) is 0 Å². The summed E-state index contributed by atoms with van der Waals surface area (Å²) in [5.41, 5.74) is 2.42. The molecule has 16 heavy (non-hydrogen) atoms. The molecule has 0 bridgehead atoms. The number of ketones is 1. The number of aryl methyl sites for hydroxylation is 2. The molecular weight excluding hydrogens is 202 g/mol. The highest BCUT2D eigenvalue weighted by Gasteiger charge is 2.14. The third-order valence-corrected chi connectivity index (χ3v) is 2.62. The zero-order valence-electron chi connectivity index (χ0n) is 9.36. The molecule has 0 saturated heterocycles. The number of carbonyl (C=O) groups is 1. The molecule has 82 valence electrons. The van der Waals surface area contributed by atoms with E-state index in [0.717, 1.165) is 6.42 Å². The van der Waals surface area contributed by atoms with Crippen molar-refractivity contribution in [2.24, 2.45) is 0 Å².